The monoisotopic (exact) mass is 353 g/mol. The highest BCUT2D eigenvalue weighted by molar-refractivity contribution is 9.11. The van der Waals surface area contributed by atoms with Crippen LogP contribution in [0.2, 0.25) is 0 Å². The SMILES string of the molecule is COc1cc(NCc2cn[nH]c2-c2ccc(Br)s2)[nH]n1. The number of ether oxygens (including phenoxy) is 1. The summed E-state index contributed by atoms with van der Waals surface area (Å²) < 4.78 is 6.12. The first-order valence-corrected chi connectivity index (χ1v) is 7.48. The molecule has 0 aliphatic rings. The molecule has 104 valence electrons. The molecule has 0 aromatic carbocycles. The number of hydrogen-bond acceptors (Lipinski definition) is 5. The van der Waals surface area contributed by atoms with Crippen molar-refractivity contribution in [1.29, 1.82) is 0 Å². The predicted molar refractivity (Wildman–Crippen MR) is 82.1 cm³/mol. The van der Waals surface area contributed by atoms with Gasteiger partial charge >= 0.3 is 0 Å². The van der Waals surface area contributed by atoms with Gasteiger partial charge in [0, 0.05) is 18.2 Å². The van der Waals surface area contributed by atoms with E-state index in [2.05, 4.69) is 47.7 Å². The lowest BCUT2D eigenvalue weighted by atomic mass is 10.2. The first-order chi connectivity index (χ1) is 9.76. The van der Waals surface area contributed by atoms with Gasteiger partial charge in [-0.1, -0.05) is 0 Å². The summed E-state index contributed by atoms with van der Waals surface area (Å²) in [6.45, 7) is 0.646. The summed E-state index contributed by atoms with van der Waals surface area (Å²) in [7, 11) is 1.59. The standard InChI is InChI=1S/C12H12BrN5OS/c1-19-11-4-10(16-17-11)14-5-7-6-15-18-12(7)8-2-3-9(13)20-8/h2-4,6H,5H2,1H3,(H,15,18)(H2,14,16,17). The van der Waals surface area contributed by atoms with Gasteiger partial charge in [0.15, 0.2) is 0 Å². The van der Waals surface area contributed by atoms with Gasteiger partial charge in [0.2, 0.25) is 5.88 Å². The van der Waals surface area contributed by atoms with Crippen molar-refractivity contribution in [3.8, 4) is 16.5 Å². The average molecular weight is 354 g/mol. The molecular formula is C12H12BrN5OS. The Morgan fingerprint density at radius 1 is 1.40 bits per heavy atom. The van der Waals surface area contributed by atoms with Gasteiger partial charge < -0.3 is 10.1 Å². The Labute approximate surface area is 127 Å². The van der Waals surface area contributed by atoms with Crippen LogP contribution in [0.5, 0.6) is 5.88 Å². The van der Waals surface area contributed by atoms with Gasteiger partial charge in [-0.25, -0.2) is 0 Å². The van der Waals surface area contributed by atoms with Crippen molar-refractivity contribution >= 4 is 33.1 Å². The van der Waals surface area contributed by atoms with E-state index < -0.39 is 0 Å². The summed E-state index contributed by atoms with van der Waals surface area (Å²) >= 11 is 5.14. The van der Waals surface area contributed by atoms with E-state index in [4.69, 9.17) is 4.74 Å². The number of halogens is 1. The molecule has 3 heterocycles. The second kappa shape index (κ2) is 5.68. The van der Waals surface area contributed by atoms with E-state index in [9.17, 15) is 0 Å². The molecule has 0 aliphatic heterocycles. The zero-order chi connectivity index (χ0) is 13.9. The fraction of sp³-hybridized carbons (Fsp3) is 0.167. The number of methoxy groups -OCH3 is 1. The van der Waals surface area contributed by atoms with Gasteiger partial charge in [-0.3, -0.25) is 10.2 Å². The van der Waals surface area contributed by atoms with Crippen LogP contribution in [0.4, 0.5) is 5.82 Å². The van der Waals surface area contributed by atoms with E-state index in [1.54, 1.807) is 18.4 Å². The van der Waals surface area contributed by atoms with Gasteiger partial charge in [-0.05, 0) is 28.1 Å². The van der Waals surface area contributed by atoms with Crippen LogP contribution in [0.1, 0.15) is 5.56 Å². The van der Waals surface area contributed by atoms with Crippen LogP contribution < -0.4 is 10.1 Å². The van der Waals surface area contributed by atoms with E-state index in [-0.39, 0.29) is 0 Å². The molecule has 20 heavy (non-hydrogen) atoms. The number of aromatic amines is 2. The number of anilines is 1. The average Bonchev–Trinajstić information content (AvgIpc) is 3.16. The van der Waals surface area contributed by atoms with Gasteiger partial charge in [0.05, 0.1) is 27.7 Å². The number of hydrogen-bond donors (Lipinski definition) is 3. The molecule has 3 aromatic heterocycles. The van der Waals surface area contributed by atoms with E-state index in [1.807, 2.05) is 18.3 Å². The molecule has 3 aromatic rings. The number of nitrogens with zero attached hydrogens (tertiary/aromatic N) is 2. The minimum absolute atomic E-state index is 0.558. The third-order valence-electron chi connectivity index (χ3n) is 2.77. The normalized spacial score (nSPS) is 10.7. The first kappa shape index (κ1) is 13.2. The lowest BCUT2D eigenvalue weighted by Gasteiger charge is -2.03. The van der Waals surface area contributed by atoms with Crippen molar-refractivity contribution in [1.82, 2.24) is 20.4 Å². The molecule has 0 bridgehead atoms. The number of H-pyrrole nitrogens is 2. The predicted octanol–water partition coefficient (Wildman–Crippen LogP) is 3.24. The van der Waals surface area contributed by atoms with E-state index >= 15 is 0 Å². The number of aromatic nitrogens is 4. The molecule has 0 saturated carbocycles. The van der Waals surface area contributed by atoms with E-state index in [0.717, 1.165) is 25.7 Å². The maximum Gasteiger partial charge on any atom is 0.234 e. The van der Waals surface area contributed by atoms with E-state index in [0.29, 0.717) is 12.4 Å². The quantitative estimate of drug-likeness (QED) is 0.657. The summed E-state index contributed by atoms with van der Waals surface area (Å²) in [4.78, 5) is 1.15. The minimum atomic E-state index is 0.558. The lowest BCUT2D eigenvalue weighted by Crippen LogP contribution is -1.99. The summed E-state index contributed by atoms with van der Waals surface area (Å²) in [6.07, 6.45) is 1.82. The fourth-order valence-electron chi connectivity index (χ4n) is 1.80. The molecular weight excluding hydrogens is 342 g/mol. The smallest absolute Gasteiger partial charge is 0.234 e. The lowest BCUT2D eigenvalue weighted by molar-refractivity contribution is 0.397. The van der Waals surface area contributed by atoms with Crippen molar-refractivity contribution in [3.63, 3.8) is 0 Å². The van der Waals surface area contributed by atoms with Crippen LogP contribution in [-0.2, 0) is 6.54 Å². The molecule has 0 saturated heterocycles. The zero-order valence-electron chi connectivity index (χ0n) is 10.6. The van der Waals surface area contributed by atoms with Crippen LogP contribution in [0, 0.1) is 0 Å². The Morgan fingerprint density at radius 3 is 3.00 bits per heavy atom. The van der Waals surface area contributed by atoms with Gasteiger partial charge in [-0.2, -0.15) is 5.10 Å². The van der Waals surface area contributed by atoms with Crippen molar-refractivity contribution < 1.29 is 4.74 Å². The second-order valence-corrected chi connectivity index (χ2v) is 6.51. The Bertz CT molecular complexity index is 704. The summed E-state index contributed by atoms with van der Waals surface area (Å²) in [5.41, 5.74) is 2.12. The topological polar surface area (TPSA) is 78.6 Å². The number of nitrogens with one attached hydrogen (secondary N) is 3. The Kier molecular flexibility index (Phi) is 3.75. The third kappa shape index (κ3) is 2.70. The first-order valence-electron chi connectivity index (χ1n) is 5.87. The maximum atomic E-state index is 5.02. The molecule has 0 radical (unpaired) electrons. The van der Waals surface area contributed by atoms with Crippen LogP contribution in [-0.4, -0.2) is 27.5 Å². The molecule has 0 aliphatic carbocycles. The minimum Gasteiger partial charge on any atom is -0.480 e. The van der Waals surface area contributed by atoms with Crippen molar-refractivity contribution in [2.75, 3.05) is 12.4 Å². The molecule has 3 N–H and O–H groups in total. The number of rotatable bonds is 5. The highest BCUT2D eigenvalue weighted by Crippen LogP contribution is 2.32. The van der Waals surface area contributed by atoms with Crippen LogP contribution in [0.25, 0.3) is 10.6 Å². The fourth-order valence-corrected chi connectivity index (χ4v) is 3.21. The molecule has 0 atom stereocenters. The largest absolute Gasteiger partial charge is 0.480 e. The van der Waals surface area contributed by atoms with Crippen LogP contribution >= 0.6 is 27.3 Å². The molecule has 6 nitrogen and oxygen atoms in total. The van der Waals surface area contributed by atoms with E-state index in [1.165, 1.54) is 0 Å². The zero-order valence-corrected chi connectivity index (χ0v) is 13.0. The number of thiophene rings is 1. The Balaban J connectivity index is 1.73. The van der Waals surface area contributed by atoms with Gasteiger partial charge in [-0.15, -0.1) is 16.4 Å². The summed E-state index contributed by atoms with van der Waals surface area (Å²) in [5.74, 6) is 1.36. The van der Waals surface area contributed by atoms with Crippen molar-refractivity contribution in [2.45, 2.75) is 6.54 Å². The molecule has 0 fully saturated rings. The molecule has 0 unspecified atom stereocenters. The Hall–Kier alpha value is -1.80. The Morgan fingerprint density at radius 2 is 2.30 bits per heavy atom. The molecule has 8 heteroatoms. The third-order valence-corrected chi connectivity index (χ3v) is 4.41. The maximum absolute atomic E-state index is 5.02. The molecule has 0 amide bonds. The van der Waals surface area contributed by atoms with Gasteiger partial charge in [0.25, 0.3) is 0 Å². The second-order valence-electron chi connectivity index (χ2n) is 4.05. The van der Waals surface area contributed by atoms with Crippen LogP contribution in [0.3, 0.4) is 0 Å². The molecule has 0 spiro atoms. The van der Waals surface area contributed by atoms with Crippen LogP contribution in [0.15, 0.2) is 28.2 Å². The van der Waals surface area contributed by atoms with Crippen molar-refractivity contribution in [3.05, 3.63) is 33.7 Å². The highest BCUT2D eigenvalue weighted by Gasteiger charge is 2.10. The highest BCUT2D eigenvalue weighted by atomic mass is 79.9. The van der Waals surface area contributed by atoms with Crippen molar-refractivity contribution in [2.24, 2.45) is 0 Å². The summed E-state index contributed by atoms with van der Waals surface area (Å²) in [6, 6.07) is 5.89. The van der Waals surface area contributed by atoms with Gasteiger partial charge in [0.1, 0.15) is 5.82 Å². The molecule has 3 rings (SSSR count). The summed E-state index contributed by atoms with van der Waals surface area (Å²) in [5, 5.41) is 17.3.